The summed E-state index contributed by atoms with van der Waals surface area (Å²) >= 11 is 6.79. The molecule has 0 aliphatic rings. The number of aromatic nitrogens is 2. The highest BCUT2D eigenvalue weighted by Gasteiger charge is 2.16. The number of anilines is 1. The van der Waals surface area contributed by atoms with E-state index >= 15 is 0 Å². The van der Waals surface area contributed by atoms with Gasteiger partial charge in [0.15, 0.2) is 0 Å². The van der Waals surface area contributed by atoms with Gasteiger partial charge in [0.2, 0.25) is 0 Å². The first-order chi connectivity index (χ1) is 9.61. The van der Waals surface area contributed by atoms with Crippen LogP contribution < -0.4 is 5.32 Å². The normalized spacial score (nSPS) is 10.2. The Hall–Kier alpha value is -1.47. The van der Waals surface area contributed by atoms with Crippen LogP contribution in [-0.4, -0.2) is 23.0 Å². The molecule has 2 rings (SSSR count). The van der Waals surface area contributed by atoms with Gasteiger partial charge >= 0.3 is 5.97 Å². The van der Waals surface area contributed by atoms with Crippen LogP contribution in [0.25, 0.3) is 0 Å². The molecule has 0 fully saturated rings. The summed E-state index contributed by atoms with van der Waals surface area (Å²) in [6.07, 6.45) is 4.89. The van der Waals surface area contributed by atoms with Crippen molar-refractivity contribution in [3.8, 4) is 0 Å². The van der Waals surface area contributed by atoms with E-state index in [0.717, 1.165) is 14.6 Å². The van der Waals surface area contributed by atoms with Crippen molar-refractivity contribution >= 4 is 43.5 Å². The van der Waals surface area contributed by atoms with Crippen LogP contribution in [0.15, 0.2) is 39.7 Å². The Morgan fingerprint density at radius 3 is 2.80 bits per heavy atom. The predicted octanol–water partition coefficient (Wildman–Crippen LogP) is 3.40. The van der Waals surface area contributed by atoms with Gasteiger partial charge in [-0.15, -0.1) is 0 Å². The van der Waals surface area contributed by atoms with E-state index in [4.69, 9.17) is 4.74 Å². The summed E-state index contributed by atoms with van der Waals surface area (Å²) in [7, 11) is 1.35. The van der Waals surface area contributed by atoms with Crippen molar-refractivity contribution in [2.75, 3.05) is 12.4 Å². The zero-order valence-electron chi connectivity index (χ0n) is 10.6. The van der Waals surface area contributed by atoms with Crippen molar-refractivity contribution in [2.45, 2.75) is 6.54 Å². The molecule has 0 atom stereocenters. The summed E-state index contributed by atoms with van der Waals surface area (Å²) in [4.78, 5) is 20.0. The third kappa shape index (κ3) is 3.55. The monoisotopic (exact) mass is 399 g/mol. The van der Waals surface area contributed by atoms with Crippen molar-refractivity contribution in [1.82, 2.24) is 9.97 Å². The zero-order chi connectivity index (χ0) is 14.5. The number of esters is 1. The number of rotatable bonds is 4. The molecule has 1 heterocycles. The van der Waals surface area contributed by atoms with Crippen LogP contribution in [0, 0.1) is 0 Å². The number of halogens is 2. The average Bonchev–Trinajstić information content (AvgIpc) is 2.46. The van der Waals surface area contributed by atoms with Crippen LogP contribution in [0.1, 0.15) is 16.1 Å². The van der Waals surface area contributed by atoms with Gasteiger partial charge in [-0.3, -0.25) is 9.97 Å². The van der Waals surface area contributed by atoms with Gasteiger partial charge in [0, 0.05) is 21.3 Å². The van der Waals surface area contributed by atoms with Crippen molar-refractivity contribution in [2.24, 2.45) is 0 Å². The molecule has 1 aromatic carbocycles. The Morgan fingerprint density at radius 1 is 1.35 bits per heavy atom. The number of hydrogen-bond donors (Lipinski definition) is 1. The van der Waals surface area contributed by atoms with Crippen LogP contribution in [-0.2, 0) is 11.3 Å². The standard InChI is InChI=1S/C13H11Br2N3O2/c1-20-13(19)10-4-8(14)5-11(15)12(10)18-7-9-6-16-2-3-17-9/h2-6,18H,7H2,1H3. The average molecular weight is 401 g/mol. The molecule has 104 valence electrons. The van der Waals surface area contributed by atoms with Gasteiger partial charge in [0.25, 0.3) is 0 Å². The maximum atomic E-state index is 11.8. The third-order valence-electron chi connectivity index (χ3n) is 2.52. The fourth-order valence-corrected chi connectivity index (χ4v) is 2.99. The first-order valence-corrected chi connectivity index (χ1v) is 7.26. The highest BCUT2D eigenvalue weighted by atomic mass is 79.9. The second-order valence-corrected chi connectivity index (χ2v) is 5.62. The first-order valence-electron chi connectivity index (χ1n) is 5.68. The minimum absolute atomic E-state index is 0.409. The Morgan fingerprint density at radius 2 is 2.15 bits per heavy atom. The molecule has 1 N–H and O–H groups in total. The van der Waals surface area contributed by atoms with E-state index in [1.807, 2.05) is 6.07 Å². The quantitative estimate of drug-likeness (QED) is 0.796. The maximum Gasteiger partial charge on any atom is 0.340 e. The molecule has 7 heteroatoms. The van der Waals surface area contributed by atoms with Gasteiger partial charge in [0.1, 0.15) is 0 Å². The van der Waals surface area contributed by atoms with Crippen LogP contribution in [0.2, 0.25) is 0 Å². The highest BCUT2D eigenvalue weighted by Crippen LogP contribution is 2.31. The maximum absolute atomic E-state index is 11.8. The smallest absolute Gasteiger partial charge is 0.340 e. The molecule has 0 spiro atoms. The molecular formula is C13H11Br2N3O2. The number of carbonyl (C=O) groups is 1. The molecular weight excluding hydrogens is 390 g/mol. The molecule has 0 amide bonds. The molecule has 0 saturated carbocycles. The van der Waals surface area contributed by atoms with Crippen molar-refractivity contribution < 1.29 is 9.53 Å². The predicted molar refractivity (Wildman–Crippen MR) is 82.5 cm³/mol. The summed E-state index contributed by atoms with van der Waals surface area (Å²) in [6, 6.07) is 3.56. The number of nitrogens with one attached hydrogen (secondary N) is 1. The lowest BCUT2D eigenvalue weighted by Crippen LogP contribution is -2.10. The van der Waals surface area contributed by atoms with Crippen LogP contribution >= 0.6 is 31.9 Å². The molecule has 2 aromatic rings. The summed E-state index contributed by atoms with van der Waals surface area (Å²) in [5.41, 5.74) is 1.88. The molecule has 5 nitrogen and oxygen atoms in total. The Labute approximate surface area is 133 Å². The summed E-state index contributed by atoms with van der Waals surface area (Å²) in [6.45, 7) is 0.456. The number of methoxy groups -OCH3 is 1. The van der Waals surface area contributed by atoms with E-state index in [0.29, 0.717) is 17.8 Å². The number of ether oxygens (including phenoxy) is 1. The minimum atomic E-state index is -0.409. The lowest BCUT2D eigenvalue weighted by atomic mass is 10.1. The van der Waals surface area contributed by atoms with Gasteiger partial charge in [-0.05, 0) is 28.1 Å². The molecule has 0 saturated heterocycles. The number of benzene rings is 1. The molecule has 0 aliphatic heterocycles. The lowest BCUT2D eigenvalue weighted by molar-refractivity contribution is 0.0601. The second-order valence-electron chi connectivity index (χ2n) is 3.85. The topological polar surface area (TPSA) is 64.1 Å². The van der Waals surface area contributed by atoms with Crippen LogP contribution in [0.3, 0.4) is 0 Å². The molecule has 0 bridgehead atoms. The number of hydrogen-bond acceptors (Lipinski definition) is 5. The zero-order valence-corrected chi connectivity index (χ0v) is 13.7. The second kappa shape index (κ2) is 6.81. The minimum Gasteiger partial charge on any atom is -0.465 e. The van der Waals surface area contributed by atoms with E-state index in [1.54, 1.807) is 24.7 Å². The Balaban J connectivity index is 2.28. The molecule has 0 radical (unpaired) electrons. The van der Waals surface area contributed by atoms with E-state index in [1.165, 1.54) is 7.11 Å². The first kappa shape index (κ1) is 14.9. The van der Waals surface area contributed by atoms with Gasteiger partial charge in [-0.2, -0.15) is 0 Å². The van der Waals surface area contributed by atoms with Crippen molar-refractivity contribution in [3.63, 3.8) is 0 Å². The largest absolute Gasteiger partial charge is 0.465 e. The van der Waals surface area contributed by atoms with Crippen molar-refractivity contribution in [1.29, 1.82) is 0 Å². The van der Waals surface area contributed by atoms with E-state index in [2.05, 4.69) is 47.1 Å². The SMILES string of the molecule is COC(=O)c1cc(Br)cc(Br)c1NCc1cnccn1. The van der Waals surface area contributed by atoms with Crippen molar-refractivity contribution in [3.05, 3.63) is 50.9 Å². The van der Waals surface area contributed by atoms with E-state index < -0.39 is 5.97 Å². The summed E-state index contributed by atoms with van der Waals surface area (Å²) < 4.78 is 6.34. The van der Waals surface area contributed by atoms with E-state index in [-0.39, 0.29) is 0 Å². The molecule has 0 aliphatic carbocycles. The number of nitrogens with zero attached hydrogens (tertiary/aromatic N) is 2. The number of carbonyl (C=O) groups excluding carboxylic acids is 1. The van der Waals surface area contributed by atoms with Crippen LogP contribution in [0.4, 0.5) is 5.69 Å². The fraction of sp³-hybridized carbons (Fsp3) is 0.154. The molecule has 1 aromatic heterocycles. The summed E-state index contributed by atoms with van der Waals surface area (Å²) in [5, 5.41) is 3.17. The van der Waals surface area contributed by atoms with Gasteiger partial charge in [-0.1, -0.05) is 15.9 Å². The highest BCUT2D eigenvalue weighted by molar-refractivity contribution is 9.11. The fourth-order valence-electron chi connectivity index (χ4n) is 1.62. The van der Waals surface area contributed by atoms with E-state index in [9.17, 15) is 4.79 Å². The Bertz CT molecular complexity index is 621. The molecule has 20 heavy (non-hydrogen) atoms. The summed E-state index contributed by atoms with van der Waals surface area (Å²) in [5.74, 6) is -0.409. The Kier molecular flexibility index (Phi) is 5.08. The molecule has 0 unspecified atom stereocenters. The van der Waals surface area contributed by atoms with Crippen LogP contribution in [0.5, 0.6) is 0 Å². The van der Waals surface area contributed by atoms with Gasteiger partial charge in [0.05, 0.1) is 36.8 Å². The van der Waals surface area contributed by atoms with Gasteiger partial charge < -0.3 is 10.1 Å². The van der Waals surface area contributed by atoms with Gasteiger partial charge in [-0.25, -0.2) is 4.79 Å². The third-order valence-corrected chi connectivity index (χ3v) is 3.61. The lowest BCUT2D eigenvalue weighted by Gasteiger charge is -2.13.